The molecule has 5 N–H and O–H groups in total. The van der Waals surface area contributed by atoms with Crippen molar-refractivity contribution in [3.8, 4) is 5.75 Å². The van der Waals surface area contributed by atoms with Gasteiger partial charge in [-0.3, -0.25) is 0 Å². The first-order valence-corrected chi connectivity index (χ1v) is 8.81. The van der Waals surface area contributed by atoms with Crippen LogP contribution in [-0.2, 0) is 0 Å². The van der Waals surface area contributed by atoms with Crippen LogP contribution in [0.3, 0.4) is 0 Å². The van der Waals surface area contributed by atoms with E-state index in [1.165, 1.54) is 12.8 Å². The molecular formula is C18H23N3OS. The van der Waals surface area contributed by atoms with E-state index in [-0.39, 0.29) is 0 Å². The average Bonchev–Trinajstić information content (AvgIpc) is 3.05. The Bertz CT molecular complexity index is 656. The van der Waals surface area contributed by atoms with E-state index in [0.29, 0.717) is 17.4 Å². The van der Waals surface area contributed by atoms with Crippen LogP contribution in [0.2, 0.25) is 0 Å². The van der Waals surface area contributed by atoms with E-state index in [9.17, 15) is 0 Å². The van der Waals surface area contributed by atoms with Crippen molar-refractivity contribution in [2.45, 2.75) is 35.1 Å². The van der Waals surface area contributed by atoms with Crippen LogP contribution < -0.4 is 21.5 Å². The number of hydrogen-bond donors (Lipinski definition) is 3. The van der Waals surface area contributed by atoms with Gasteiger partial charge in [0.1, 0.15) is 5.75 Å². The Morgan fingerprint density at radius 1 is 1.09 bits per heavy atom. The highest BCUT2D eigenvalue weighted by Gasteiger charge is 2.13. The molecule has 4 nitrogen and oxygen atoms in total. The number of ether oxygens (including phenoxy) is 1. The van der Waals surface area contributed by atoms with Gasteiger partial charge < -0.3 is 21.5 Å². The minimum atomic E-state index is 0.616. The third-order valence-corrected chi connectivity index (χ3v) is 4.98. The zero-order valence-corrected chi connectivity index (χ0v) is 13.9. The summed E-state index contributed by atoms with van der Waals surface area (Å²) in [6, 6.07) is 14.5. The molecule has 1 heterocycles. The summed E-state index contributed by atoms with van der Waals surface area (Å²) < 4.78 is 5.89. The van der Waals surface area contributed by atoms with Crippen molar-refractivity contribution in [3.05, 3.63) is 42.5 Å². The van der Waals surface area contributed by atoms with Crippen molar-refractivity contribution in [2.24, 2.45) is 0 Å². The van der Waals surface area contributed by atoms with Gasteiger partial charge in [-0.1, -0.05) is 17.8 Å². The van der Waals surface area contributed by atoms with E-state index < -0.39 is 0 Å². The van der Waals surface area contributed by atoms with Gasteiger partial charge in [0.15, 0.2) is 0 Å². The zero-order valence-electron chi connectivity index (χ0n) is 13.1. The molecule has 1 fully saturated rings. The maximum absolute atomic E-state index is 5.89. The summed E-state index contributed by atoms with van der Waals surface area (Å²) in [7, 11) is 0. The molecule has 1 atom stereocenters. The first kappa shape index (κ1) is 16.0. The molecule has 1 aliphatic heterocycles. The molecule has 1 unspecified atom stereocenters. The number of benzene rings is 2. The quantitative estimate of drug-likeness (QED) is 0.707. The fourth-order valence-electron chi connectivity index (χ4n) is 2.70. The van der Waals surface area contributed by atoms with E-state index in [4.69, 9.17) is 16.2 Å². The van der Waals surface area contributed by atoms with Gasteiger partial charge in [0.25, 0.3) is 0 Å². The Kier molecular flexibility index (Phi) is 5.31. The lowest BCUT2D eigenvalue weighted by Gasteiger charge is -2.12. The van der Waals surface area contributed by atoms with E-state index >= 15 is 0 Å². The summed E-state index contributed by atoms with van der Waals surface area (Å²) in [5, 5.41) is 3.49. The van der Waals surface area contributed by atoms with Crippen LogP contribution in [0.1, 0.15) is 19.3 Å². The lowest BCUT2D eigenvalue weighted by Crippen LogP contribution is -2.23. The lowest BCUT2D eigenvalue weighted by molar-refractivity contribution is 0.291. The van der Waals surface area contributed by atoms with Gasteiger partial charge in [-0.25, -0.2) is 0 Å². The van der Waals surface area contributed by atoms with E-state index in [1.807, 2.05) is 30.3 Å². The molecule has 0 aromatic heterocycles. The Labute approximate surface area is 141 Å². The second-order valence-corrected chi connectivity index (χ2v) is 6.94. The maximum Gasteiger partial charge on any atom is 0.120 e. The summed E-state index contributed by atoms with van der Waals surface area (Å²) in [6.07, 6.45) is 3.60. The smallest absolute Gasteiger partial charge is 0.120 e. The van der Waals surface area contributed by atoms with Crippen LogP contribution in [0.15, 0.2) is 52.3 Å². The fourth-order valence-corrected chi connectivity index (χ4v) is 3.62. The molecule has 0 spiro atoms. The highest BCUT2D eigenvalue weighted by molar-refractivity contribution is 7.99. The molecule has 0 saturated carbocycles. The third-order valence-electron chi connectivity index (χ3n) is 4.00. The molecule has 2 aromatic carbocycles. The minimum Gasteiger partial charge on any atom is -0.493 e. The molecule has 23 heavy (non-hydrogen) atoms. The van der Waals surface area contributed by atoms with E-state index in [2.05, 4.69) is 17.4 Å². The van der Waals surface area contributed by atoms with E-state index in [1.54, 1.807) is 11.8 Å². The minimum absolute atomic E-state index is 0.616. The van der Waals surface area contributed by atoms with Gasteiger partial charge in [0.05, 0.1) is 18.0 Å². The van der Waals surface area contributed by atoms with Crippen LogP contribution in [-0.4, -0.2) is 19.2 Å². The van der Waals surface area contributed by atoms with E-state index in [0.717, 1.165) is 35.1 Å². The second-order valence-electron chi connectivity index (χ2n) is 5.80. The molecule has 1 aliphatic rings. The Morgan fingerprint density at radius 2 is 1.96 bits per heavy atom. The second kappa shape index (κ2) is 7.62. The highest BCUT2D eigenvalue weighted by Crippen LogP contribution is 2.32. The Morgan fingerprint density at radius 3 is 2.74 bits per heavy atom. The van der Waals surface area contributed by atoms with Crippen molar-refractivity contribution in [1.29, 1.82) is 0 Å². The van der Waals surface area contributed by atoms with Crippen LogP contribution in [0.25, 0.3) is 0 Å². The standard InChI is InChI=1S/C18H23N3OS/c19-17-7-6-16(12-18(17)20)23-15-5-1-4-14(11-15)22-10-8-13-3-2-9-21-13/h1,4-7,11-13,21H,2-3,8-10,19-20H2. The van der Waals surface area contributed by atoms with Gasteiger partial charge in [-0.05, 0) is 62.2 Å². The first-order chi connectivity index (χ1) is 11.2. The summed E-state index contributed by atoms with van der Waals surface area (Å²) in [4.78, 5) is 2.20. The fraction of sp³-hybridized carbons (Fsp3) is 0.333. The molecule has 0 aliphatic carbocycles. The zero-order chi connectivity index (χ0) is 16.1. The number of nitrogen functional groups attached to an aromatic ring is 2. The van der Waals surface area contributed by atoms with Crippen LogP contribution >= 0.6 is 11.8 Å². The van der Waals surface area contributed by atoms with Crippen LogP contribution in [0.4, 0.5) is 11.4 Å². The largest absolute Gasteiger partial charge is 0.493 e. The first-order valence-electron chi connectivity index (χ1n) is 8.00. The topological polar surface area (TPSA) is 73.3 Å². The monoisotopic (exact) mass is 329 g/mol. The SMILES string of the molecule is Nc1ccc(Sc2cccc(OCCC3CCCN3)c2)cc1N. The number of nitrogens with two attached hydrogens (primary N) is 2. The molecule has 0 bridgehead atoms. The van der Waals surface area contributed by atoms with Crippen molar-refractivity contribution >= 4 is 23.1 Å². The predicted molar refractivity (Wildman–Crippen MR) is 97.0 cm³/mol. The summed E-state index contributed by atoms with van der Waals surface area (Å²) in [5.74, 6) is 0.913. The van der Waals surface area contributed by atoms with Gasteiger partial charge in [-0.2, -0.15) is 0 Å². The average molecular weight is 329 g/mol. The third kappa shape index (κ3) is 4.56. The van der Waals surface area contributed by atoms with Crippen LogP contribution in [0.5, 0.6) is 5.75 Å². The molecule has 5 heteroatoms. The van der Waals surface area contributed by atoms with Crippen molar-refractivity contribution in [2.75, 3.05) is 24.6 Å². The van der Waals surface area contributed by atoms with Crippen molar-refractivity contribution < 1.29 is 4.74 Å². The summed E-state index contributed by atoms with van der Waals surface area (Å²) in [6.45, 7) is 1.89. The predicted octanol–water partition coefficient (Wildman–Crippen LogP) is 3.52. The van der Waals surface area contributed by atoms with Gasteiger partial charge >= 0.3 is 0 Å². The Balaban J connectivity index is 1.56. The summed E-state index contributed by atoms with van der Waals surface area (Å²) >= 11 is 1.66. The molecule has 0 amide bonds. The number of hydrogen-bond acceptors (Lipinski definition) is 5. The van der Waals surface area contributed by atoms with Crippen molar-refractivity contribution in [3.63, 3.8) is 0 Å². The normalized spacial score (nSPS) is 17.3. The highest BCUT2D eigenvalue weighted by atomic mass is 32.2. The molecule has 3 rings (SSSR count). The number of anilines is 2. The molecule has 1 saturated heterocycles. The maximum atomic E-state index is 5.89. The molecule has 122 valence electrons. The Hall–Kier alpha value is -1.85. The lowest BCUT2D eigenvalue weighted by atomic mass is 10.2. The van der Waals surface area contributed by atoms with Gasteiger partial charge in [-0.15, -0.1) is 0 Å². The summed E-state index contributed by atoms with van der Waals surface area (Å²) in [5.41, 5.74) is 12.8. The van der Waals surface area contributed by atoms with Crippen molar-refractivity contribution in [1.82, 2.24) is 5.32 Å². The molecule has 2 aromatic rings. The molecular weight excluding hydrogens is 306 g/mol. The van der Waals surface area contributed by atoms with Gasteiger partial charge in [0.2, 0.25) is 0 Å². The number of rotatable bonds is 6. The molecule has 0 radical (unpaired) electrons. The number of nitrogens with one attached hydrogen (secondary N) is 1. The van der Waals surface area contributed by atoms with Gasteiger partial charge in [0, 0.05) is 15.8 Å². The van der Waals surface area contributed by atoms with Crippen LogP contribution in [0, 0.1) is 0 Å².